The number of anilines is 1. The van der Waals surface area contributed by atoms with Gasteiger partial charge in [0.2, 0.25) is 0 Å². The van der Waals surface area contributed by atoms with Crippen LogP contribution in [0.25, 0.3) is 11.4 Å². The minimum Gasteiger partial charge on any atom is -0.370 e. The lowest BCUT2D eigenvalue weighted by Gasteiger charge is -2.10. The number of nitrogens with one attached hydrogen (secondary N) is 1. The minimum atomic E-state index is 0.777. The van der Waals surface area contributed by atoms with Gasteiger partial charge in [0.1, 0.15) is 5.82 Å². The van der Waals surface area contributed by atoms with Gasteiger partial charge in [0, 0.05) is 28.3 Å². The number of halogens is 1. The Bertz CT molecular complexity index is 572. The van der Waals surface area contributed by atoms with Crippen molar-refractivity contribution in [3.05, 3.63) is 40.0 Å². The van der Waals surface area contributed by atoms with Crippen LogP contribution in [0, 0.1) is 6.92 Å². The monoisotopic (exact) mass is 333 g/mol. The summed E-state index contributed by atoms with van der Waals surface area (Å²) in [7, 11) is 0. The molecule has 1 aromatic carbocycles. The fourth-order valence-electron chi connectivity index (χ4n) is 2.08. The highest BCUT2D eigenvalue weighted by atomic mass is 79.9. The van der Waals surface area contributed by atoms with Crippen LogP contribution in [-0.2, 0) is 6.42 Å². The molecule has 1 aromatic heterocycles. The fraction of sp³-hybridized carbons (Fsp3) is 0.375. The van der Waals surface area contributed by atoms with E-state index in [4.69, 9.17) is 0 Å². The average Bonchev–Trinajstić information content (AvgIpc) is 2.39. The predicted molar refractivity (Wildman–Crippen MR) is 88.1 cm³/mol. The molecule has 0 saturated carbocycles. The van der Waals surface area contributed by atoms with Gasteiger partial charge in [0.25, 0.3) is 0 Å². The zero-order chi connectivity index (χ0) is 14.5. The Morgan fingerprint density at radius 3 is 2.60 bits per heavy atom. The largest absolute Gasteiger partial charge is 0.370 e. The summed E-state index contributed by atoms with van der Waals surface area (Å²) in [5, 5.41) is 3.28. The van der Waals surface area contributed by atoms with Crippen LogP contribution in [0.3, 0.4) is 0 Å². The summed E-state index contributed by atoms with van der Waals surface area (Å²) in [6.07, 6.45) is 2.05. The Morgan fingerprint density at radius 1 is 1.15 bits per heavy atom. The van der Waals surface area contributed by atoms with Gasteiger partial charge in [-0.1, -0.05) is 35.3 Å². The van der Waals surface area contributed by atoms with E-state index in [1.807, 2.05) is 6.07 Å². The summed E-state index contributed by atoms with van der Waals surface area (Å²) in [5.74, 6) is 1.67. The van der Waals surface area contributed by atoms with Crippen molar-refractivity contribution in [3.8, 4) is 11.4 Å². The summed E-state index contributed by atoms with van der Waals surface area (Å²) in [6, 6.07) is 8.29. The molecule has 20 heavy (non-hydrogen) atoms. The number of hydrogen-bond donors (Lipinski definition) is 1. The molecule has 1 heterocycles. The van der Waals surface area contributed by atoms with Crippen molar-refractivity contribution >= 4 is 21.7 Å². The SMILES string of the molecule is CCCc1cc(NCC)nc(-c2ccc(C)cc2Br)n1. The van der Waals surface area contributed by atoms with E-state index < -0.39 is 0 Å². The molecule has 0 aliphatic heterocycles. The third-order valence-corrected chi connectivity index (χ3v) is 3.66. The smallest absolute Gasteiger partial charge is 0.162 e. The Labute approximate surface area is 129 Å². The van der Waals surface area contributed by atoms with E-state index in [2.05, 4.69) is 70.2 Å². The van der Waals surface area contributed by atoms with Crippen molar-refractivity contribution in [2.75, 3.05) is 11.9 Å². The summed E-state index contributed by atoms with van der Waals surface area (Å²) < 4.78 is 1.04. The van der Waals surface area contributed by atoms with Crippen LogP contribution in [0.1, 0.15) is 31.5 Å². The molecule has 0 saturated heterocycles. The molecule has 0 fully saturated rings. The molecule has 0 atom stereocenters. The molecule has 0 radical (unpaired) electrons. The first-order chi connectivity index (χ1) is 9.63. The van der Waals surface area contributed by atoms with E-state index in [-0.39, 0.29) is 0 Å². The summed E-state index contributed by atoms with van der Waals surface area (Å²) in [6.45, 7) is 7.17. The Morgan fingerprint density at radius 2 is 1.95 bits per heavy atom. The maximum atomic E-state index is 4.69. The maximum absolute atomic E-state index is 4.69. The Balaban J connectivity index is 2.48. The molecule has 3 nitrogen and oxygen atoms in total. The number of nitrogens with zero attached hydrogens (tertiary/aromatic N) is 2. The molecule has 4 heteroatoms. The number of hydrogen-bond acceptors (Lipinski definition) is 3. The van der Waals surface area contributed by atoms with Crippen LogP contribution >= 0.6 is 15.9 Å². The molecule has 1 N–H and O–H groups in total. The minimum absolute atomic E-state index is 0.777. The number of aryl methyl sites for hydroxylation is 2. The van der Waals surface area contributed by atoms with Gasteiger partial charge >= 0.3 is 0 Å². The zero-order valence-corrected chi connectivity index (χ0v) is 13.8. The highest BCUT2D eigenvalue weighted by Gasteiger charge is 2.09. The summed E-state index contributed by atoms with van der Waals surface area (Å²) >= 11 is 3.61. The van der Waals surface area contributed by atoms with Gasteiger partial charge in [-0.2, -0.15) is 0 Å². The van der Waals surface area contributed by atoms with Crippen LogP contribution in [0.2, 0.25) is 0 Å². The van der Waals surface area contributed by atoms with Crippen LogP contribution in [0.4, 0.5) is 5.82 Å². The standard InChI is InChI=1S/C16H20BrN3/c1-4-6-12-10-15(18-5-2)20-16(19-12)13-8-7-11(3)9-14(13)17/h7-10H,4-6H2,1-3H3,(H,18,19,20). The van der Waals surface area contributed by atoms with E-state index in [0.717, 1.165) is 46.8 Å². The van der Waals surface area contributed by atoms with E-state index in [1.165, 1.54) is 5.56 Å². The van der Waals surface area contributed by atoms with Crippen LogP contribution in [0.15, 0.2) is 28.7 Å². The molecule has 0 amide bonds. The lowest BCUT2D eigenvalue weighted by molar-refractivity contribution is 0.875. The van der Waals surface area contributed by atoms with Crippen molar-refractivity contribution < 1.29 is 0 Å². The topological polar surface area (TPSA) is 37.8 Å². The second-order valence-corrected chi connectivity index (χ2v) is 5.69. The number of benzene rings is 1. The van der Waals surface area contributed by atoms with Crippen molar-refractivity contribution in [1.82, 2.24) is 9.97 Å². The lowest BCUT2D eigenvalue weighted by Crippen LogP contribution is -2.04. The average molecular weight is 334 g/mol. The van der Waals surface area contributed by atoms with E-state index in [1.54, 1.807) is 0 Å². The third kappa shape index (κ3) is 3.57. The second-order valence-electron chi connectivity index (χ2n) is 4.83. The normalized spacial score (nSPS) is 10.6. The molecule has 0 unspecified atom stereocenters. The highest BCUT2D eigenvalue weighted by Crippen LogP contribution is 2.27. The second kappa shape index (κ2) is 6.84. The van der Waals surface area contributed by atoms with Crippen LogP contribution < -0.4 is 5.32 Å². The van der Waals surface area contributed by atoms with Gasteiger partial charge < -0.3 is 5.32 Å². The van der Waals surface area contributed by atoms with Gasteiger partial charge in [-0.3, -0.25) is 0 Å². The maximum Gasteiger partial charge on any atom is 0.162 e. The van der Waals surface area contributed by atoms with Gasteiger partial charge in [0.15, 0.2) is 5.82 Å². The van der Waals surface area contributed by atoms with Crippen molar-refractivity contribution in [2.24, 2.45) is 0 Å². The molecule has 0 aliphatic carbocycles. The highest BCUT2D eigenvalue weighted by molar-refractivity contribution is 9.10. The molecule has 2 aromatic rings. The summed E-state index contributed by atoms with van der Waals surface area (Å²) in [5.41, 5.74) is 3.34. The number of rotatable bonds is 5. The summed E-state index contributed by atoms with van der Waals surface area (Å²) in [4.78, 5) is 9.30. The predicted octanol–water partition coefficient (Wildman–Crippen LogP) is 4.60. The molecule has 0 spiro atoms. The first kappa shape index (κ1) is 15.0. The lowest BCUT2D eigenvalue weighted by atomic mass is 10.1. The number of aromatic nitrogens is 2. The molecule has 0 bridgehead atoms. The van der Waals surface area contributed by atoms with Crippen molar-refractivity contribution in [1.29, 1.82) is 0 Å². The van der Waals surface area contributed by atoms with Gasteiger partial charge in [-0.25, -0.2) is 9.97 Å². The zero-order valence-electron chi connectivity index (χ0n) is 12.2. The first-order valence-corrected chi connectivity index (χ1v) is 7.81. The third-order valence-electron chi connectivity index (χ3n) is 3.01. The van der Waals surface area contributed by atoms with E-state index in [9.17, 15) is 0 Å². The molecule has 106 valence electrons. The van der Waals surface area contributed by atoms with E-state index in [0.29, 0.717) is 0 Å². The Hall–Kier alpha value is -1.42. The van der Waals surface area contributed by atoms with Gasteiger partial charge in [-0.15, -0.1) is 0 Å². The van der Waals surface area contributed by atoms with Gasteiger partial charge in [0.05, 0.1) is 0 Å². The van der Waals surface area contributed by atoms with Crippen molar-refractivity contribution in [3.63, 3.8) is 0 Å². The van der Waals surface area contributed by atoms with Crippen LogP contribution in [0.5, 0.6) is 0 Å². The molecule has 2 rings (SSSR count). The van der Waals surface area contributed by atoms with Crippen molar-refractivity contribution in [2.45, 2.75) is 33.6 Å². The van der Waals surface area contributed by atoms with Crippen LogP contribution in [-0.4, -0.2) is 16.5 Å². The fourth-order valence-corrected chi connectivity index (χ4v) is 2.75. The first-order valence-electron chi connectivity index (χ1n) is 7.02. The molecule has 0 aliphatic rings. The quantitative estimate of drug-likeness (QED) is 0.868. The molecular formula is C16H20BrN3. The Kier molecular flexibility index (Phi) is 5.12. The van der Waals surface area contributed by atoms with Gasteiger partial charge in [-0.05, 0) is 38.0 Å². The molecular weight excluding hydrogens is 314 g/mol. The van der Waals surface area contributed by atoms with E-state index >= 15 is 0 Å².